The molecule has 0 spiro atoms. The average Bonchev–Trinajstić information content (AvgIpc) is 1.63. The Kier molecular flexibility index (Phi) is 6.34. The number of carboxylic acids is 2. The summed E-state index contributed by atoms with van der Waals surface area (Å²) >= 11 is 0. The molecule has 0 aromatic carbocycles. The Morgan fingerprint density at radius 3 is 2.10 bits per heavy atom. The molecule has 0 saturated heterocycles. The molecule has 0 saturated carbocycles. The van der Waals surface area contributed by atoms with E-state index in [4.69, 9.17) is 10.8 Å². The molecule has 0 aliphatic rings. The second-order valence-electron chi connectivity index (χ2n) is 1.52. The molecule has 3 N–H and O–H groups in total. The standard InChI is InChI=1S/C4H7NO4.Cu/c5-2(4(8)9)1-3(6)7;/h2H,1,5H2,(H,6,7)(H,8,9);/q;+1/p-1. The molecule has 0 heterocycles. The molecule has 6 heteroatoms. The monoisotopic (exact) mass is 195 g/mol. The van der Waals surface area contributed by atoms with Gasteiger partial charge in [0.2, 0.25) is 0 Å². The predicted octanol–water partition coefficient (Wildman–Crippen LogP) is -2.46. The second kappa shape index (κ2) is 5.22. The van der Waals surface area contributed by atoms with Crippen LogP contribution in [-0.4, -0.2) is 23.1 Å². The number of carbonyl (C=O) groups is 2. The SMILES string of the molecule is NC(CC(=O)[O-])C(=O)O.[Cu+]. The maximum atomic E-state index is 9.82. The Labute approximate surface area is 67.7 Å². The minimum atomic E-state index is -1.45. The number of carboxylic acid groups (broad SMARTS) is 2. The van der Waals surface area contributed by atoms with Gasteiger partial charge in [0, 0.05) is 12.4 Å². The summed E-state index contributed by atoms with van der Waals surface area (Å²) in [5.41, 5.74) is 4.80. The topological polar surface area (TPSA) is 103 Å². The van der Waals surface area contributed by atoms with Crippen molar-refractivity contribution >= 4 is 11.9 Å². The van der Waals surface area contributed by atoms with Crippen molar-refractivity contribution in [2.75, 3.05) is 0 Å². The van der Waals surface area contributed by atoms with Crippen molar-refractivity contribution < 1.29 is 36.9 Å². The Balaban J connectivity index is 0. The van der Waals surface area contributed by atoms with Crippen LogP contribution in [0.3, 0.4) is 0 Å². The molecule has 0 amide bonds. The van der Waals surface area contributed by atoms with Gasteiger partial charge in [-0.25, -0.2) is 0 Å². The Bertz CT molecular complexity index is 137. The predicted molar refractivity (Wildman–Crippen MR) is 25.2 cm³/mol. The van der Waals surface area contributed by atoms with Crippen molar-refractivity contribution in [3.05, 3.63) is 0 Å². The summed E-state index contributed by atoms with van der Waals surface area (Å²) in [5.74, 6) is -2.79. The largest absolute Gasteiger partial charge is 1.00 e. The molecule has 0 aromatic heterocycles. The van der Waals surface area contributed by atoms with Crippen LogP contribution in [0.2, 0.25) is 0 Å². The summed E-state index contributed by atoms with van der Waals surface area (Å²) in [7, 11) is 0. The van der Waals surface area contributed by atoms with Gasteiger partial charge in [-0.1, -0.05) is 0 Å². The third kappa shape index (κ3) is 5.55. The van der Waals surface area contributed by atoms with Gasteiger partial charge in [-0.15, -0.1) is 0 Å². The molecule has 10 heavy (non-hydrogen) atoms. The Hall–Kier alpha value is -0.581. The van der Waals surface area contributed by atoms with Gasteiger partial charge in [-0.05, 0) is 0 Å². The van der Waals surface area contributed by atoms with E-state index in [0.717, 1.165) is 0 Å². The zero-order valence-electron chi connectivity index (χ0n) is 4.84. The molecule has 0 aliphatic carbocycles. The third-order valence-corrected chi connectivity index (χ3v) is 0.704. The minimum absolute atomic E-state index is 0. The summed E-state index contributed by atoms with van der Waals surface area (Å²) in [6.45, 7) is 0. The second-order valence-corrected chi connectivity index (χ2v) is 1.52. The molecule has 0 bridgehead atoms. The van der Waals surface area contributed by atoms with E-state index in [0.29, 0.717) is 0 Å². The van der Waals surface area contributed by atoms with Crippen LogP contribution in [0.15, 0.2) is 0 Å². The van der Waals surface area contributed by atoms with E-state index in [2.05, 4.69) is 0 Å². The number of hydrogen-bond donors (Lipinski definition) is 2. The minimum Gasteiger partial charge on any atom is -0.550 e. The summed E-state index contributed by atoms with van der Waals surface area (Å²) in [6.07, 6.45) is -0.644. The maximum Gasteiger partial charge on any atom is 1.00 e. The zero-order valence-corrected chi connectivity index (χ0v) is 5.78. The number of rotatable bonds is 3. The molecule has 0 aliphatic heterocycles. The molecule has 0 radical (unpaired) electrons. The van der Waals surface area contributed by atoms with Crippen LogP contribution in [0.5, 0.6) is 0 Å². The van der Waals surface area contributed by atoms with Crippen LogP contribution < -0.4 is 10.8 Å². The van der Waals surface area contributed by atoms with E-state index in [1.807, 2.05) is 0 Å². The fourth-order valence-electron chi connectivity index (χ4n) is 0.267. The van der Waals surface area contributed by atoms with Crippen LogP contribution in [0.1, 0.15) is 6.42 Å². The smallest absolute Gasteiger partial charge is 0.550 e. The first-order chi connectivity index (χ1) is 4.04. The Morgan fingerprint density at radius 1 is 1.60 bits per heavy atom. The van der Waals surface area contributed by atoms with Gasteiger partial charge in [0.15, 0.2) is 0 Å². The van der Waals surface area contributed by atoms with Gasteiger partial charge in [0.1, 0.15) is 6.04 Å². The number of aliphatic carboxylic acids is 2. The molecule has 1 atom stereocenters. The molecule has 0 fully saturated rings. The first-order valence-electron chi connectivity index (χ1n) is 2.22. The van der Waals surface area contributed by atoms with E-state index >= 15 is 0 Å². The van der Waals surface area contributed by atoms with Crippen LogP contribution in [0.25, 0.3) is 0 Å². The van der Waals surface area contributed by atoms with Crippen LogP contribution in [-0.2, 0) is 26.7 Å². The van der Waals surface area contributed by atoms with Crippen molar-refractivity contribution in [2.45, 2.75) is 12.5 Å². The van der Waals surface area contributed by atoms with Crippen LogP contribution >= 0.6 is 0 Å². The molecule has 0 aromatic rings. The van der Waals surface area contributed by atoms with E-state index in [1.54, 1.807) is 0 Å². The van der Waals surface area contributed by atoms with E-state index in [9.17, 15) is 14.7 Å². The summed E-state index contributed by atoms with van der Waals surface area (Å²) in [6, 6.07) is -1.35. The van der Waals surface area contributed by atoms with Gasteiger partial charge < -0.3 is 20.7 Å². The van der Waals surface area contributed by atoms with Crippen molar-refractivity contribution in [1.29, 1.82) is 0 Å². The average molecular weight is 196 g/mol. The molecule has 1 unspecified atom stereocenters. The number of nitrogens with two attached hydrogens (primary N) is 1. The molecule has 5 nitrogen and oxygen atoms in total. The van der Waals surface area contributed by atoms with Gasteiger partial charge >= 0.3 is 23.0 Å². The number of carbonyl (C=O) groups excluding carboxylic acids is 1. The van der Waals surface area contributed by atoms with Crippen molar-refractivity contribution in [1.82, 2.24) is 0 Å². The molecular formula is C4H6CuNO4. The fourth-order valence-corrected chi connectivity index (χ4v) is 0.267. The first-order valence-corrected chi connectivity index (χ1v) is 2.22. The van der Waals surface area contributed by atoms with Crippen LogP contribution in [0, 0.1) is 0 Å². The van der Waals surface area contributed by atoms with Gasteiger partial charge in [0.05, 0.1) is 0 Å². The summed E-state index contributed by atoms with van der Waals surface area (Å²) < 4.78 is 0. The maximum absolute atomic E-state index is 9.82. The molecular weight excluding hydrogens is 190 g/mol. The zero-order chi connectivity index (χ0) is 7.44. The Morgan fingerprint density at radius 2 is 2.00 bits per heavy atom. The first kappa shape index (κ1) is 12.1. The van der Waals surface area contributed by atoms with E-state index in [1.165, 1.54) is 0 Å². The van der Waals surface area contributed by atoms with E-state index in [-0.39, 0.29) is 17.1 Å². The normalized spacial score (nSPS) is 11.3. The number of hydrogen-bond acceptors (Lipinski definition) is 4. The van der Waals surface area contributed by atoms with Crippen molar-refractivity contribution in [3.63, 3.8) is 0 Å². The van der Waals surface area contributed by atoms with Gasteiger partial charge in [0.25, 0.3) is 0 Å². The quantitative estimate of drug-likeness (QED) is 0.486. The fraction of sp³-hybridized carbons (Fsp3) is 0.500. The van der Waals surface area contributed by atoms with Crippen LogP contribution in [0.4, 0.5) is 0 Å². The van der Waals surface area contributed by atoms with Crippen molar-refractivity contribution in [3.8, 4) is 0 Å². The third-order valence-electron chi connectivity index (χ3n) is 0.704. The summed E-state index contributed by atoms with van der Waals surface area (Å²) in [5, 5.41) is 17.7. The van der Waals surface area contributed by atoms with Gasteiger partial charge in [-0.3, -0.25) is 4.79 Å². The van der Waals surface area contributed by atoms with Crippen molar-refractivity contribution in [2.24, 2.45) is 5.73 Å². The van der Waals surface area contributed by atoms with Gasteiger partial charge in [-0.2, -0.15) is 0 Å². The molecule has 0 rings (SSSR count). The summed E-state index contributed by atoms with van der Waals surface area (Å²) in [4.78, 5) is 19.5. The van der Waals surface area contributed by atoms with E-state index < -0.39 is 24.4 Å². The molecule has 62 valence electrons.